The van der Waals surface area contributed by atoms with Gasteiger partial charge in [0.25, 0.3) is 5.91 Å². The van der Waals surface area contributed by atoms with E-state index in [1.807, 2.05) is 20.8 Å². The summed E-state index contributed by atoms with van der Waals surface area (Å²) < 4.78 is 36.0. The lowest BCUT2D eigenvalue weighted by molar-refractivity contribution is 0.0497. The third kappa shape index (κ3) is 6.35. The minimum Gasteiger partial charge on any atom is -0.459 e. The molecule has 9 heteroatoms. The van der Waals surface area contributed by atoms with Crippen molar-refractivity contribution in [1.82, 2.24) is 10.2 Å². The number of carbonyl (C=O) groups is 2. The number of nitrogens with zero attached hydrogens (tertiary/aromatic N) is 1. The Bertz CT molecular complexity index is 1030. The summed E-state index contributed by atoms with van der Waals surface area (Å²) in [6.07, 6.45) is 2.34. The van der Waals surface area contributed by atoms with Gasteiger partial charge in [0.15, 0.2) is 15.6 Å². The van der Waals surface area contributed by atoms with Crippen molar-refractivity contribution in [2.24, 2.45) is 5.92 Å². The topological polar surface area (TPSA) is 106 Å². The standard InChI is InChI=1S/C23H30N2O6S/c1-23(2,3)31-22(27)24-15-17-9-12-25(13-10-17)21(26)20-18(11-14-30-20)16-32(28,29)19-7-5-4-6-8-19/h4-8,11,14,17H,9-10,12-13,15-16H2,1-3H3,(H,24,27). The van der Waals surface area contributed by atoms with E-state index in [4.69, 9.17) is 9.15 Å². The van der Waals surface area contributed by atoms with Gasteiger partial charge in [0.1, 0.15) is 5.60 Å². The molecule has 0 spiro atoms. The van der Waals surface area contributed by atoms with Crippen LogP contribution in [-0.4, -0.2) is 50.6 Å². The van der Waals surface area contributed by atoms with Crippen molar-refractivity contribution in [2.75, 3.05) is 19.6 Å². The molecule has 2 heterocycles. The maximum atomic E-state index is 13.0. The third-order valence-electron chi connectivity index (χ3n) is 5.22. The molecule has 1 aromatic carbocycles. The number of rotatable bonds is 6. The number of furan rings is 1. The first-order valence-electron chi connectivity index (χ1n) is 10.7. The van der Waals surface area contributed by atoms with E-state index in [0.29, 0.717) is 25.2 Å². The predicted octanol–water partition coefficient (Wildman–Crippen LogP) is 3.63. The highest BCUT2D eigenvalue weighted by Gasteiger charge is 2.29. The molecule has 1 fully saturated rings. The van der Waals surface area contributed by atoms with Gasteiger partial charge in [-0.15, -0.1) is 0 Å². The van der Waals surface area contributed by atoms with Crippen LogP contribution in [-0.2, 0) is 20.3 Å². The molecule has 0 atom stereocenters. The normalized spacial score (nSPS) is 15.4. The van der Waals surface area contributed by atoms with Gasteiger partial charge in [-0.2, -0.15) is 0 Å². The van der Waals surface area contributed by atoms with Crippen LogP contribution in [0.2, 0.25) is 0 Å². The van der Waals surface area contributed by atoms with E-state index in [2.05, 4.69) is 5.32 Å². The van der Waals surface area contributed by atoms with Crippen molar-refractivity contribution < 1.29 is 27.2 Å². The molecule has 0 aliphatic carbocycles. The number of nitrogens with one attached hydrogen (secondary N) is 1. The molecule has 2 aromatic rings. The van der Waals surface area contributed by atoms with Crippen LogP contribution in [0.4, 0.5) is 4.79 Å². The van der Waals surface area contributed by atoms with Crippen LogP contribution in [0.15, 0.2) is 52.0 Å². The molecule has 1 aliphatic heterocycles. The minimum absolute atomic E-state index is 0.0647. The Morgan fingerprint density at radius 1 is 1.12 bits per heavy atom. The van der Waals surface area contributed by atoms with E-state index in [1.54, 1.807) is 23.1 Å². The second-order valence-corrected chi connectivity index (χ2v) is 11.0. The van der Waals surface area contributed by atoms with Gasteiger partial charge in [0.05, 0.1) is 16.9 Å². The van der Waals surface area contributed by atoms with Gasteiger partial charge in [0.2, 0.25) is 0 Å². The molecule has 1 saturated heterocycles. The number of ether oxygens (including phenoxy) is 1. The lowest BCUT2D eigenvalue weighted by Crippen LogP contribution is -2.42. The number of sulfone groups is 1. The number of amides is 2. The number of hydrogen-bond donors (Lipinski definition) is 1. The monoisotopic (exact) mass is 462 g/mol. The first kappa shape index (κ1) is 23.8. The highest BCUT2D eigenvalue weighted by atomic mass is 32.2. The fourth-order valence-corrected chi connectivity index (χ4v) is 4.95. The number of carbonyl (C=O) groups excluding carboxylic acids is 2. The lowest BCUT2D eigenvalue weighted by atomic mass is 9.96. The van der Waals surface area contributed by atoms with Crippen LogP contribution in [0, 0.1) is 5.92 Å². The molecule has 0 saturated carbocycles. The van der Waals surface area contributed by atoms with E-state index in [0.717, 1.165) is 12.8 Å². The van der Waals surface area contributed by atoms with Gasteiger partial charge in [0, 0.05) is 25.2 Å². The van der Waals surface area contributed by atoms with Gasteiger partial charge < -0.3 is 19.4 Å². The summed E-state index contributed by atoms with van der Waals surface area (Å²) in [5.41, 5.74) is -0.193. The number of likely N-dealkylation sites (tertiary alicyclic amines) is 1. The fraction of sp³-hybridized carbons (Fsp3) is 0.478. The third-order valence-corrected chi connectivity index (χ3v) is 6.91. The zero-order chi connectivity index (χ0) is 23.4. The van der Waals surface area contributed by atoms with E-state index in [-0.39, 0.29) is 28.2 Å². The summed E-state index contributed by atoms with van der Waals surface area (Å²) in [5, 5.41) is 2.78. The molecule has 174 valence electrons. The van der Waals surface area contributed by atoms with Crippen LogP contribution < -0.4 is 5.32 Å². The molecule has 1 aromatic heterocycles. The number of benzene rings is 1. The van der Waals surface area contributed by atoms with Crippen molar-refractivity contribution >= 4 is 21.8 Å². The van der Waals surface area contributed by atoms with Crippen molar-refractivity contribution in [3.8, 4) is 0 Å². The Kier molecular flexibility index (Phi) is 7.28. The highest BCUT2D eigenvalue weighted by molar-refractivity contribution is 7.90. The van der Waals surface area contributed by atoms with Crippen molar-refractivity contribution in [2.45, 2.75) is 49.9 Å². The molecule has 1 aliphatic rings. The molecule has 0 bridgehead atoms. The quantitative estimate of drug-likeness (QED) is 0.703. The average molecular weight is 463 g/mol. The Morgan fingerprint density at radius 3 is 2.41 bits per heavy atom. The first-order chi connectivity index (χ1) is 15.0. The summed E-state index contributed by atoms with van der Waals surface area (Å²) in [7, 11) is -3.59. The SMILES string of the molecule is CC(C)(C)OC(=O)NCC1CCN(C(=O)c2occc2CS(=O)(=O)c2ccccc2)CC1. The van der Waals surface area contributed by atoms with Gasteiger partial charge >= 0.3 is 6.09 Å². The smallest absolute Gasteiger partial charge is 0.407 e. The number of piperidine rings is 1. The van der Waals surface area contributed by atoms with Crippen molar-refractivity contribution in [3.63, 3.8) is 0 Å². The molecular weight excluding hydrogens is 432 g/mol. The van der Waals surface area contributed by atoms with Crippen molar-refractivity contribution in [1.29, 1.82) is 0 Å². The Morgan fingerprint density at radius 2 is 1.78 bits per heavy atom. The first-order valence-corrected chi connectivity index (χ1v) is 12.3. The second-order valence-electron chi connectivity index (χ2n) is 8.97. The Labute approximate surface area is 188 Å². The lowest BCUT2D eigenvalue weighted by Gasteiger charge is -2.32. The Balaban J connectivity index is 1.55. The van der Waals surface area contributed by atoms with Gasteiger partial charge in [-0.3, -0.25) is 4.79 Å². The van der Waals surface area contributed by atoms with E-state index in [9.17, 15) is 18.0 Å². The molecule has 32 heavy (non-hydrogen) atoms. The number of alkyl carbamates (subject to hydrolysis) is 1. The summed E-state index contributed by atoms with van der Waals surface area (Å²) in [4.78, 5) is 26.7. The zero-order valence-electron chi connectivity index (χ0n) is 18.7. The Hall–Kier alpha value is -2.81. The molecule has 2 amide bonds. The molecular formula is C23H30N2O6S. The zero-order valence-corrected chi connectivity index (χ0v) is 19.5. The van der Waals surface area contributed by atoms with Gasteiger partial charge in [-0.05, 0) is 57.7 Å². The van der Waals surface area contributed by atoms with Crippen LogP contribution in [0.25, 0.3) is 0 Å². The summed E-state index contributed by atoms with van der Waals surface area (Å²) >= 11 is 0. The van der Waals surface area contributed by atoms with Crippen molar-refractivity contribution in [3.05, 3.63) is 54.0 Å². The maximum Gasteiger partial charge on any atom is 0.407 e. The molecule has 0 radical (unpaired) electrons. The van der Waals surface area contributed by atoms with Crippen LogP contribution >= 0.6 is 0 Å². The molecule has 8 nitrogen and oxygen atoms in total. The van der Waals surface area contributed by atoms with Crippen LogP contribution in [0.1, 0.15) is 49.7 Å². The van der Waals surface area contributed by atoms with E-state index in [1.165, 1.54) is 24.5 Å². The minimum atomic E-state index is -3.59. The summed E-state index contributed by atoms with van der Waals surface area (Å²) in [6, 6.07) is 9.68. The molecule has 0 unspecified atom stereocenters. The predicted molar refractivity (Wildman–Crippen MR) is 119 cm³/mol. The highest BCUT2D eigenvalue weighted by Crippen LogP contribution is 2.24. The molecule has 3 rings (SSSR count). The van der Waals surface area contributed by atoms with Gasteiger partial charge in [-0.25, -0.2) is 13.2 Å². The average Bonchev–Trinajstić information content (AvgIpc) is 3.19. The summed E-state index contributed by atoms with van der Waals surface area (Å²) in [5.74, 6) is -0.312. The van der Waals surface area contributed by atoms with Crippen LogP contribution in [0.3, 0.4) is 0 Å². The fourth-order valence-electron chi connectivity index (χ4n) is 3.58. The van der Waals surface area contributed by atoms with E-state index < -0.39 is 21.5 Å². The van der Waals surface area contributed by atoms with Crippen LogP contribution in [0.5, 0.6) is 0 Å². The number of hydrogen-bond acceptors (Lipinski definition) is 6. The van der Waals surface area contributed by atoms with Gasteiger partial charge in [-0.1, -0.05) is 18.2 Å². The largest absolute Gasteiger partial charge is 0.459 e. The summed E-state index contributed by atoms with van der Waals surface area (Å²) in [6.45, 7) is 6.93. The maximum absolute atomic E-state index is 13.0. The molecule has 1 N–H and O–H groups in total. The second kappa shape index (κ2) is 9.77. The van der Waals surface area contributed by atoms with E-state index >= 15 is 0 Å².